The highest BCUT2D eigenvalue weighted by Crippen LogP contribution is 2.28. The Morgan fingerprint density at radius 1 is 1.19 bits per heavy atom. The second-order valence-corrected chi connectivity index (χ2v) is 7.00. The molecule has 0 aliphatic carbocycles. The maximum atomic E-state index is 12.5. The zero-order valence-corrected chi connectivity index (χ0v) is 13.9. The third-order valence-corrected chi connectivity index (χ3v) is 5.02. The van der Waals surface area contributed by atoms with Crippen molar-refractivity contribution >= 4 is 38.3 Å². The molecular formula is C16H11N2O7S-. The van der Waals surface area contributed by atoms with Gasteiger partial charge in [0.15, 0.2) is 4.90 Å². The maximum Gasteiger partial charge on any atom is 0.289 e. The van der Waals surface area contributed by atoms with Crippen LogP contribution in [0, 0.1) is 10.1 Å². The molecule has 1 N–H and O–H groups in total. The number of carboxylic acids is 1. The summed E-state index contributed by atoms with van der Waals surface area (Å²) in [6.45, 7) is 0. The summed E-state index contributed by atoms with van der Waals surface area (Å²) in [5.41, 5.74) is 0.234. The largest absolute Gasteiger partial charge is 0.550 e. The third kappa shape index (κ3) is 3.35. The monoisotopic (exact) mass is 375 g/mol. The van der Waals surface area contributed by atoms with Crippen LogP contribution in [0.15, 0.2) is 58.0 Å². The third-order valence-electron chi connectivity index (χ3n) is 3.59. The first kappa shape index (κ1) is 17.4. The van der Waals surface area contributed by atoms with Crippen LogP contribution in [0.2, 0.25) is 0 Å². The fourth-order valence-corrected chi connectivity index (χ4v) is 3.71. The van der Waals surface area contributed by atoms with Crippen LogP contribution in [0.5, 0.6) is 0 Å². The number of benzene rings is 2. The average Bonchev–Trinajstić information content (AvgIpc) is 2.96. The summed E-state index contributed by atoms with van der Waals surface area (Å²) < 4.78 is 32.5. The van der Waals surface area contributed by atoms with Crippen molar-refractivity contribution in [3.63, 3.8) is 0 Å². The van der Waals surface area contributed by atoms with E-state index < -0.39 is 31.5 Å². The topological polar surface area (TPSA) is 143 Å². The van der Waals surface area contributed by atoms with E-state index in [4.69, 9.17) is 4.42 Å². The number of carbonyl (C=O) groups is 1. The Morgan fingerprint density at radius 2 is 1.92 bits per heavy atom. The lowest BCUT2D eigenvalue weighted by molar-refractivity contribution is -0.387. The molecule has 3 aromatic rings. The van der Waals surface area contributed by atoms with E-state index >= 15 is 0 Å². The number of rotatable bonds is 6. The molecule has 0 atom stereocenters. The smallest absolute Gasteiger partial charge is 0.289 e. The van der Waals surface area contributed by atoms with Crippen molar-refractivity contribution in [2.45, 2.75) is 11.3 Å². The Morgan fingerprint density at radius 3 is 2.62 bits per heavy atom. The predicted molar refractivity (Wildman–Crippen MR) is 88.8 cm³/mol. The second-order valence-electron chi connectivity index (χ2n) is 5.35. The number of nitro groups is 1. The number of anilines is 1. The van der Waals surface area contributed by atoms with Gasteiger partial charge in [0.05, 0.1) is 16.9 Å². The van der Waals surface area contributed by atoms with Gasteiger partial charge in [0.25, 0.3) is 15.7 Å². The number of nitro benzene ring substituents is 1. The highest BCUT2D eigenvalue weighted by atomic mass is 32.2. The average molecular weight is 375 g/mol. The number of carbonyl (C=O) groups excluding carboxylic acids is 1. The molecule has 0 bridgehead atoms. The van der Waals surface area contributed by atoms with Gasteiger partial charge in [-0.3, -0.25) is 14.8 Å². The van der Waals surface area contributed by atoms with Crippen LogP contribution in [0.1, 0.15) is 5.56 Å². The van der Waals surface area contributed by atoms with E-state index in [2.05, 4.69) is 4.72 Å². The SMILES string of the molecule is O=C([O-])Cc1coc2cc(NS(=O)(=O)c3ccccc3[N+](=O)[O-])ccc12. The minimum atomic E-state index is -4.21. The van der Waals surface area contributed by atoms with Gasteiger partial charge in [-0.05, 0) is 18.2 Å². The number of hydrogen-bond acceptors (Lipinski definition) is 7. The van der Waals surface area contributed by atoms with Crippen molar-refractivity contribution in [1.82, 2.24) is 0 Å². The first-order chi connectivity index (χ1) is 12.3. The van der Waals surface area contributed by atoms with Crippen LogP contribution in [0.3, 0.4) is 0 Å². The number of para-hydroxylation sites is 1. The molecule has 134 valence electrons. The van der Waals surface area contributed by atoms with E-state index in [0.29, 0.717) is 10.9 Å². The molecule has 0 fully saturated rings. The summed E-state index contributed by atoms with van der Waals surface area (Å²) in [6.07, 6.45) is 0.912. The van der Waals surface area contributed by atoms with Crippen LogP contribution >= 0.6 is 0 Å². The van der Waals surface area contributed by atoms with Gasteiger partial charge in [-0.1, -0.05) is 12.1 Å². The minimum Gasteiger partial charge on any atom is -0.550 e. The van der Waals surface area contributed by atoms with Crippen molar-refractivity contribution in [3.05, 3.63) is 64.4 Å². The fraction of sp³-hybridized carbons (Fsp3) is 0.0625. The molecule has 10 heteroatoms. The summed E-state index contributed by atoms with van der Waals surface area (Å²) in [5.74, 6) is -1.27. The van der Waals surface area contributed by atoms with E-state index in [0.717, 1.165) is 12.1 Å². The van der Waals surface area contributed by atoms with Crippen LogP contribution in [0.25, 0.3) is 11.0 Å². The lowest BCUT2D eigenvalue weighted by Gasteiger charge is -2.08. The number of furan rings is 1. The number of nitrogens with one attached hydrogen (secondary N) is 1. The molecule has 0 saturated carbocycles. The Hall–Kier alpha value is -3.40. The molecule has 0 aliphatic heterocycles. The number of carboxylic acid groups (broad SMARTS) is 1. The van der Waals surface area contributed by atoms with Gasteiger partial charge in [0, 0.05) is 35.5 Å². The van der Waals surface area contributed by atoms with Crippen molar-refractivity contribution in [2.24, 2.45) is 0 Å². The van der Waals surface area contributed by atoms with Crippen molar-refractivity contribution in [2.75, 3.05) is 4.72 Å². The van der Waals surface area contributed by atoms with Gasteiger partial charge in [-0.15, -0.1) is 0 Å². The Kier molecular flexibility index (Phi) is 4.34. The zero-order chi connectivity index (χ0) is 18.9. The van der Waals surface area contributed by atoms with Gasteiger partial charge < -0.3 is 14.3 Å². The molecule has 26 heavy (non-hydrogen) atoms. The molecule has 1 aromatic heterocycles. The lowest BCUT2D eigenvalue weighted by atomic mass is 10.1. The van der Waals surface area contributed by atoms with Gasteiger partial charge in [0.2, 0.25) is 0 Å². The molecular weight excluding hydrogens is 364 g/mol. The fourth-order valence-electron chi connectivity index (χ4n) is 2.48. The molecule has 3 rings (SSSR count). The van der Waals surface area contributed by atoms with Gasteiger partial charge in [-0.2, -0.15) is 0 Å². The molecule has 0 aliphatic rings. The molecule has 0 saturated heterocycles. The standard InChI is InChI=1S/C16H12N2O7S/c19-16(20)7-10-9-25-14-8-11(5-6-12(10)14)17-26(23,24)15-4-2-1-3-13(15)18(21)22/h1-6,8-9,17H,7H2,(H,19,20)/p-1. The van der Waals surface area contributed by atoms with Crippen LogP contribution in [0.4, 0.5) is 11.4 Å². The Balaban J connectivity index is 1.96. The zero-order valence-electron chi connectivity index (χ0n) is 13.0. The van der Waals surface area contributed by atoms with E-state index in [1.807, 2.05) is 0 Å². The quantitative estimate of drug-likeness (QED) is 0.507. The molecule has 0 radical (unpaired) electrons. The first-order valence-corrected chi connectivity index (χ1v) is 8.72. The summed E-state index contributed by atoms with van der Waals surface area (Å²) in [7, 11) is -4.21. The summed E-state index contributed by atoms with van der Waals surface area (Å²) >= 11 is 0. The minimum absolute atomic E-state index is 0.116. The molecule has 9 nitrogen and oxygen atoms in total. The Bertz CT molecular complexity index is 1120. The summed E-state index contributed by atoms with van der Waals surface area (Å²) in [4.78, 5) is 20.5. The number of hydrogen-bond donors (Lipinski definition) is 1. The maximum absolute atomic E-state index is 12.5. The number of fused-ring (bicyclic) bond motifs is 1. The van der Waals surface area contributed by atoms with Crippen LogP contribution in [-0.4, -0.2) is 19.3 Å². The van der Waals surface area contributed by atoms with E-state index in [1.165, 1.54) is 36.6 Å². The van der Waals surface area contributed by atoms with Gasteiger partial charge in [0.1, 0.15) is 5.58 Å². The van der Waals surface area contributed by atoms with Gasteiger partial charge >= 0.3 is 0 Å². The van der Waals surface area contributed by atoms with Crippen LogP contribution < -0.4 is 9.83 Å². The molecule has 2 aromatic carbocycles. The molecule has 1 heterocycles. The highest BCUT2D eigenvalue weighted by molar-refractivity contribution is 7.92. The van der Waals surface area contributed by atoms with E-state index in [1.54, 1.807) is 0 Å². The first-order valence-electron chi connectivity index (χ1n) is 7.24. The van der Waals surface area contributed by atoms with Crippen molar-refractivity contribution in [3.8, 4) is 0 Å². The number of aliphatic carboxylic acids is 1. The Labute approximate surface area is 147 Å². The molecule has 0 unspecified atom stereocenters. The predicted octanol–water partition coefficient (Wildman–Crippen LogP) is 1.43. The number of nitrogens with zero attached hydrogens (tertiary/aromatic N) is 1. The normalized spacial score (nSPS) is 11.4. The van der Waals surface area contributed by atoms with E-state index in [9.17, 15) is 28.4 Å². The summed E-state index contributed by atoms with van der Waals surface area (Å²) in [6, 6.07) is 9.23. The number of sulfonamides is 1. The van der Waals surface area contributed by atoms with Crippen molar-refractivity contribution in [1.29, 1.82) is 0 Å². The lowest BCUT2D eigenvalue weighted by Crippen LogP contribution is -2.24. The molecule has 0 spiro atoms. The van der Waals surface area contributed by atoms with Crippen molar-refractivity contribution < 1.29 is 27.7 Å². The van der Waals surface area contributed by atoms with Crippen LogP contribution in [-0.2, 0) is 21.2 Å². The second kappa shape index (κ2) is 6.48. The highest BCUT2D eigenvalue weighted by Gasteiger charge is 2.25. The van der Waals surface area contributed by atoms with Gasteiger partial charge in [-0.25, -0.2) is 8.42 Å². The van der Waals surface area contributed by atoms with E-state index in [-0.39, 0.29) is 17.7 Å². The summed E-state index contributed by atoms with van der Waals surface area (Å²) in [5, 5.41) is 22.2. The molecule has 0 amide bonds.